The van der Waals surface area contributed by atoms with Gasteiger partial charge >= 0.3 is 0 Å². The van der Waals surface area contributed by atoms with E-state index in [1.54, 1.807) is 7.05 Å². The lowest BCUT2D eigenvalue weighted by atomic mass is 9.95. The Bertz CT molecular complexity index is 550. The zero-order chi connectivity index (χ0) is 16.1. The van der Waals surface area contributed by atoms with Crippen molar-refractivity contribution in [3.05, 3.63) is 23.2 Å². The Hall–Kier alpha value is -1.98. The normalized spacial score (nSPS) is 19.3. The Balaban J connectivity index is 1.93. The Morgan fingerprint density at radius 1 is 1.55 bits per heavy atom. The highest BCUT2D eigenvalue weighted by Gasteiger charge is 2.23. The molecule has 2 rings (SSSR count). The topological polar surface area (TPSA) is 83.9 Å². The predicted octanol–water partition coefficient (Wildman–Crippen LogP) is 1.56. The van der Waals surface area contributed by atoms with Gasteiger partial charge in [-0.05, 0) is 38.7 Å². The van der Waals surface area contributed by atoms with E-state index in [0.717, 1.165) is 49.0 Å². The van der Waals surface area contributed by atoms with Crippen molar-refractivity contribution in [3.8, 4) is 0 Å². The maximum absolute atomic E-state index is 11.1. The van der Waals surface area contributed by atoms with E-state index in [1.807, 2.05) is 19.9 Å². The molecule has 1 atom stereocenters. The third kappa shape index (κ3) is 4.26. The first kappa shape index (κ1) is 16.4. The minimum absolute atomic E-state index is 0.223. The molecule has 1 aliphatic heterocycles. The van der Waals surface area contributed by atoms with Crippen LogP contribution >= 0.6 is 0 Å². The molecule has 1 fully saturated rings. The molecule has 3 N–H and O–H groups in total. The lowest BCUT2D eigenvalue weighted by molar-refractivity contribution is -0.119. The van der Waals surface area contributed by atoms with Crippen molar-refractivity contribution < 1.29 is 9.21 Å². The molecule has 0 bridgehead atoms. The summed E-state index contributed by atoms with van der Waals surface area (Å²) in [6, 6.07) is 2.04. The number of piperidine rings is 1. The summed E-state index contributed by atoms with van der Waals surface area (Å²) in [5, 5.41) is 3.38. The summed E-state index contributed by atoms with van der Waals surface area (Å²) in [6.45, 7) is 6.39. The number of primary amides is 1. The van der Waals surface area contributed by atoms with Crippen LogP contribution in [0.15, 0.2) is 15.5 Å². The van der Waals surface area contributed by atoms with Crippen LogP contribution in [0.1, 0.15) is 36.3 Å². The number of amides is 1. The average Bonchev–Trinajstić information content (AvgIpc) is 2.77. The summed E-state index contributed by atoms with van der Waals surface area (Å²) >= 11 is 0. The molecule has 6 heteroatoms. The molecule has 0 radical (unpaired) electrons. The molecular formula is C16H26N4O2. The van der Waals surface area contributed by atoms with Gasteiger partial charge in [0.05, 0.1) is 0 Å². The Kier molecular flexibility index (Phi) is 5.46. The second-order valence-electron chi connectivity index (χ2n) is 5.96. The molecule has 0 aromatic carbocycles. The lowest BCUT2D eigenvalue weighted by Gasteiger charge is -2.34. The zero-order valence-electron chi connectivity index (χ0n) is 13.7. The first-order valence-electron chi connectivity index (χ1n) is 7.79. The number of furan rings is 1. The van der Waals surface area contributed by atoms with Gasteiger partial charge in [0.15, 0.2) is 5.96 Å². The zero-order valence-corrected chi connectivity index (χ0v) is 13.7. The van der Waals surface area contributed by atoms with Crippen LogP contribution in [0.3, 0.4) is 0 Å². The van der Waals surface area contributed by atoms with Gasteiger partial charge in [-0.3, -0.25) is 9.79 Å². The monoisotopic (exact) mass is 306 g/mol. The molecule has 6 nitrogen and oxygen atoms in total. The van der Waals surface area contributed by atoms with Gasteiger partial charge in [-0.1, -0.05) is 0 Å². The highest BCUT2D eigenvalue weighted by atomic mass is 16.3. The highest BCUT2D eigenvalue weighted by molar-refractivity contribution is 5.80. The van der Waals surface area contributed by atoms with Crippen molar-refractivity contribution >= 4 is 11.9 Å². The predicted molar refractivity (Wildman–Crippen MR) is 86.5 cm³/mol. The number of hydrogen-bond acceptors (Lipinski definition) is 3. The van der Waals surface area contributed by atoms with Crippen LogP contribution in [0.25, 0.3) is 0 Å². The molecule has 0 spiro atoms. The minimum atomic E-state index is -0.223. The largest absolute Gasteiger partial charge is 0.466 e. The summed E-state index contributed by atoms with van der Waals surface area (Å²) in [6.07, 6.45) is 2.56. The van der Waals surface area contributed by atoms with Gasteiger partial charge in [-0.2, -0.15) is 0 Å². The van der Waals surface area contributed by atoms with Crippen LogP contribution in [-0.2, 0) is 11.3 Å². The molecule has 0 aliphatic carbocycles. The van der Waals surface area contributed by atoms with E-state index in [-0.39, 0.29) is 5.91 Å². The Labute approximate surface area is 131 Å². The van der Waals surface area contributed by atoms with Crippen molar-refractivity contribution in [2.24, 2.45) is 16.6 Å². The van der Waals surface area contributed by atoms with Crippen LogP contribution in [-0.4, -0.2) is 36.9 Å². The average molecular weight is 306 g/mol. The number of carbonyl (C=O) groups excluding carboxylic acids is 1. The Morgan fingerprint density at radius 2 is 2.32 bits per heavy atom. The molecule has 1 aromatic heterocycles. The third-order valence-electron chi connectivity index (χ3n) is 4.10. The number of likely N-dealkylation sites (tertiary alicyclic amines) is 1. The van der Waals surface area contributed by atoms with Gasteiger partial charge < -0.3 is 20.4 Å². The number of nitrogens with one attached hydrogen (secondary N) is 1. The van der Waals surface area contributed by atoms with Crippen LogP contribution < -0.4 is 11.1 Å². The van der Waals surface area contributed by atoms with Crippen molar-refractivity contribution in [3.63, 3.8) is 0 Å². The summed E-state index contributed by atoms with van der Waals surface area (Å²) in [7, 11) is 1.79. The molecule has 1 saturated heterocycles. The van der Waals surface area contributed by atoms with Crippen LogP contribution in [0.5, 0.6) is 0 Å². The van der Waals surface area contributed by atoms with E-state index in [9.17, 15) is 4.79 Å². The standard InChI is InChI=1S/C16H26N4O2/c1-11-7-14(12(2)22-11)9-19-16(18-3)20-6-4-5-13(10-20)8-15(17)21/h7,13H,4-6,8-10H2,1-3H3,(H2,17,21)(H,18,19). The molecule has 1 aliphatic rings. The highest BCUT2D eigenvalue weighted by Crippen LogP contribution is 2.19. The maximum atomic E-state index is 11.1. The molecule has 1 aromatic rings. The van der Waals surface area contributed by atoms with Crippen LogP contribution in [0.2, 0.25) is 0 Å². The minimum Gasteiger partial charge on any atom is -0.466 e. The molecule has 1 unspecified atom stereocenters. The second kappa shape index (κ2) is 7.33. The Morgan fingerprint density at radius 3 is 2.91 bits per heavy atom. The summed E-state index contributed by atoms with van der Waals surface area (Å²) in [5.74, 6) is 2.82. The van der Waals surface area contributed by atoms with Crippen molar-refractivity contribution in [1.82, 2.24) is 10.2 Å². The van der Waals surface area contributed by atoms with Crippen LogP contribution in [0.4, 0.5) is 0 Å². The van der Waals surface area contributed by atoms with E-state index in [1.165, 1.54) is 0 Å². The first-order chi connectivity index (χ1) is 10.5. The third-order valence-corrected chi connectivity index (χ3v) is 4.10. The first-order valence-corrected chi connectivity index (χ1v) is 7.79. The number of guanidine groups is 1. The van der Waals surface area contributed by atoms with E-state index in [4.69, 9.17) is 10.2 Å². The van der Waals surface area contributed by atoms with E-state index < -0.39 is 0 Å². The number of aliphatic imine (C=N–C) groups is 1. The number of nitrogens with zero attached hydrogens (tertiary/aromatic N) is 2. The van der Waals surface area contributed by atoms with E-state index >= 15 is 0 Å². The smallest absolute Gasteiger partial charge is 0.217 e. The van der Waals surface area contributed by atoms with Crippen LogP contribution in [0, 0.1) is 19.8 Å². The number of carbonyl (C=O) groups is 1. The van der Waals surface area contributed by atoms with Gasteiger partial charge in [0, 0.05) is 38.7 Å². The van der Waals surface area contributed by atoms with Crippen molar-refractivity contribution in [2.45, 2.75) is 39.7 Å². The number of hydrogen-bond donors (Lipinski definition) is 2. The fourth-order valence-corrected chi connectivity index (χ4v) is 3.07. The molecule has 122 valence electrons. The van der Waals surface area contributed by atoms with Gasteiger partial charge in [0.2, 0.25) is 5.91 Å². The van der Waals surface area contributed by atoms with Gasteiger partial charge in [-0.25, -0.2) is 0 Å². The molecule has 2 heterocycles. The van der Waals surface area contributed by atoms with E-state index in [0.29, 0.717) is 18.9 Å². The van der Waals surface area contributed by atoms with E-state index in [2.05, 4.69) is 15.2 Å². The fraction of sp³-hybridized carbons (Fsp3) is 0.625. The van der Waals surface area contributed by atoms with Gasteiger partial charge in [-0.15, -0.1) is 0 Å². The van der Waals surface area contributed by atoms with Crippen molar-refractivity contribution in [2.75, 3.05) is 20.1 Å². The van der Waals surface area contributed by atoms with Crippen molar-refractivity contribution in [1.29, 1.82) is 0 Å². The maximum Gasteiger partial charge on any atom is 0.217 e. The molecule has 1 amide bonds. The molecule has 22 heavy (non-hydrogen) atoms. The number of rotatable bonds is 4. The summed E-state index contributed by atoms with van der Waals surface area (Å²) < 4.78 is 5.54. The van der Waals surface area contributed by atoms with Gasteiger partial charge in [0.1, 0.15) is 11.5 Å². The fourth-order valence-electron chi connectivity index (χ4n) is 3.07. The van der Waals surface area contributed by atoms with Gasteiger partial charge in [0.25, 0.3) is 0 Å². The molecular weight excluding hydrogens is 280 g/mol. The number of aryl methyl sites for hydroxylation is 2. The molecule has 0 saturated carbocycles. The second-order valence-corrected chi connectivity index (χ2v) is 5.96. The lowest BCUT2D eigenvalue weighted by Crippen LogP contribution is -2.46. The quantitative estimate of drug-likeness (QED) is 0.653. The summed E-state index contributed by atoms with van der Waals surface area (Å²) in [5.41, 5.74) is 6.46. The summed E-state index contributed by atoms with van der Waals surface area (Å²) in [4.78, 5) is 17.7. The number of nitrogens with two attached hydrogens (primary N) is 1. The SMILES string of the molecule is CN=C(NCc1cc(C)oc1C)N1CCCC(CC(N)=O)C1.